The van der Waals surface area contributed by atoms with Crippen molar-refractivity contribution in [1.29, 1.82) is 0 Å². The van der Waals surface area contributed by atoms with Crippen molar-refractivity contribution >= 4 is 28.7 Å². The maximum atomic E-state index is 12.7. The summed E-state index contributed by atoms with van der Waals surface area (Å²) in [4.78, 5) is 14.4. The zero-order valence-electron chi connectivity index (χ0n) is 16.2. The number of benzene rings is 1. The van der Waals surface area contributed by atoms with Gasteiger partial charge in [0.15, 0.2) is 0 Å². The Hall–Kier alpha value is -1.08. The van der Waals surface area contributed by atoms with Crippen molar-refractivity contribution in [3.8, 4) is 0 Å². The summed E-state index contributed by atoms with van der Waals surface area (Å²) in [6.45, 7) is 9.97. The summed E-state index contributed by atoms with van der Waals surface area (Å²) in [5.41, 5.74) is 0.257. The first-order valence-electron chi connectivity index (χ1n) is 9.14. The van der Waals surface area contributed by atoms with E-state index in [0.717, 1.165) is 12.8 Å². The van der Waals surface area contributed by atoms with Gasteiger partial charge in [0, 0.05) is 8.99 Å². The Kier molecular flexibility index (Phi) is 5.16. The molecule has 1 aliphatic carbocycles. The van der Waals surface area contributed by atoms with E-state index in [1.807, 2.05) is 34.6 Å². The molecular formula is C21H28INO3. The van der Waals surface area contributed by atoms with Crippen molar-refractivity contribution in [3.05, 3.63) is 45.6 Å². The molecule has 2 fully saturated rings. The predicted molar refractivity (Wildman–Crippen MR) is 111 cm³/mol. The largest absolute Gasteiger partial charge is 0.444 e. The number of rotatable bonds is 3. The lowest BCUT2D eigenvalue weighted by atomic mass is 9.95. The van der Waals surface area contributed by atoms with E-state index in [4.69, 9.17) is 9.47 Å². The van der Waals surface area contributed by atoms with Gasteiger partial charge in [-0.2, -0.15) is 0 Å². The monoisotopic (exact) mass is 469 g/mol. The average molecular weight is 469 g/mol. The molecule has 1 saturated heterocycles. The molecule has 0 spiro atoms. The van der Waals surface area contributed by atoms with Crippen molar-refractivity contribution in [3.63, 3.8) is 0 Å². The third-order valence-electron chi connectivity index (χ3n) is 4.95. The van der Waals surface area contributed by atoms with Crippen LogP contribution in [-0.2, 0) is 14.9 Å². The smallest absolute Gasteiger partial charge is 0.413 e. The average Bonchev–Trinajstić information content (AvgIpc) is 3.23. The van der Waals surface area contributed by atoms with Gasteiger partial charge in [0.2, 0.25) is 0 Å². The molecule has 1 heterocycles. The number of ether oxygens (including phenoxy) is 2. The third kappa shape index (κ3) is 4.25. The van der Waals surface area contributed by atoms with Gasteiger partial charge in [0.25, 0.3) is 0 Å². The van der Waals surface area contributed by atoms with E-state index in [-0.39, 0.29) is 17.6 Å². The molecular weight excluding hydrogens is 441 g/mol. The van der Waals surface area contributed by atoms with Gasteiger partial charge in [-0.05, 0) is 87.7 Å². The van der Waals surface area contributed by atoms with Crippen LogP contribution in [0.2, 0.25) is 0 Å². The molecule has 0 radical (unpaired) electrons. The summed E-state index contributed by atoms with van der Waals surface area (Å²) in [6, 6.07) is 8.61. The number of halogens is 1. The lowest BCUT2D eigenvalue weighted by Crippen LogP contribution is -2.49. The second-order valence-corrected chi connectivity index (χ2v) is 9.94. The van der Waals surface area contributed by atoms with Crippen LogP contribution >= 0.6 is 22.6 Å². The van der Waals surface area contributed by atoms with Crippen LogP contribution in [0.5, 0.6) is 0 Å². The van der Waals surface area contributed by atoms with E-state index >= 15 is 0 Å². The lowest BCUT2D eigenvalue weighted by molar-refractivity contribution is -0.0610. The summed E-state index contributed by atoms with van der Waals surface area (Å²) >= 11 is 2.33. The van der Waals surface area contributed by atoms with Gasteiger partial charge < -0.3 is 9.47 Å². The molecule has 3 rings (SSSR count). The maximum Gasteiger partial charge on any atom is 0.413 e. The molecule has 0 bridgehead atoms. The Balaban J connectivity index is 1.78. The minimum Gasteiger partial charge on any atom is -0.444 e. The van der Waals surface area contributed by atoms with Crippen LogP contribution < -0.4 is 0 Å². The second kappa shape index (κ2) is 6.82. The summed E-state index contributed by atoms with van der Waals surface area (Å²) in [7, 11) is 0. The van der Waals surface area contributed by atoms with Gasteiger partial charge in [-0.3, -0.25) is 4.90 Å². The second-order valence-electron chi connectivity index (χ2n) is 8.70. The third-order valence-corrected chi connectivity index (χ3v) is 5.67. The number of nitrogens with zero attached hydrogens (tertiary/aromatic N) is 1. The standard InChI is InChI=1S/C21H28INO3/c1-19(2,3)26-18(24)23-17(14-25-20(23,4)5)10-11-21(12-13-21)15-6-8-16(22)9-7-15/h6-11,17H,12-14H2,1-5H3/t17-/m0/s1. The van der Waals surface area contributed by atoms with Gasteiger partial charge in [0.05, 0.1) is 12.6 Å². The van der Waals surface area contributed by atoms with Gasteiger partial charge in [-0.15, -0.1) is 0 Å². The van der Waals surface area contributed by atoms with E-state index in [2.05, 4.69) is 59.0 Å². The van der Waals surface area contributed by atoms with E-state index in [1.165, 1.54) is 9.13 Å². The zero-order chi connectivity index (χ0) is 19.2. The van der Waals surface area contributed by atoms with E-state index in [1.54, 1.807) is 4.90 Å². The molecule has 4 nitrogen and oxygen atoms in total. The highest BCUT2D eigenvalue weighted by Crippen LogP contribution is 2.50. The van der Waals surface area contributed by atoms with Gasteiger partial charge in [-0.1, -0.05) is 24.3 Å². The molecule has 142 valence electrons. The van der Waals surface area contributed by atoms with Crippen molar-refractivity contribution in [1.82, 2.24) is 4.90 Å². The molecule has 0 aromatic heterocycles. The van der Waals surface area contributed by atoms with Crippen molar-refractivity contribution in [2.75, 3.05) is 6.61 Å². The number of hydrogen-bond acceptors (Lipinski definition) is 3. The van der Waals surface area contributed by atoms with Crippen LogP contribution in [0.3, 0.4) is 0 Å². The minimum atomic E-state index is -0.670. The van der Waals surface area contributed by atoms with Crippen LogP contribution in [0.25, 0.3) is 0 Å². The highest BCUT2D eigenvalue weighted by Gasteiger charge is 2.46. The molecule has 5 heteroatoms. The number of carbonyl (C=O) groups excluding carboxylic acids is 1. The molecule has 1 aliphatic heterocycles. The summed E-state index contributed by atoms with van der Waals surface area (Å²) in [5, 5.41) is 0. The Morgan fingerprint density at radius 1 is 1.27 bits per heavy atom. The Labute approximate surface area is 170 Å². The molecule has 1 saturated carbocycles. The molecule has 1 atom stereocenters. The van der Waals surface area contributed by atoms with Crippen LogP contribution in [0.1, 0.15) is 53.0 Å². The minimum absolute atomic E-state index is 0.108. The predicted octanol–water partition coefficient (Wildman–Crippen LogP) is 5.25. The summed E-state index contributed by atoms with van der Waals surface area (Å²) in [6.07, 6.45) is 6.36. The number of allylic oxidation sites excluding steroid dienone is 1. The SMILES string of the molecule is CC(C)(C)OC(=O)N1[C@@H](C=CC2(c3ccc(I)cc3)CC2)COC1(C)C. The first-order valence-corrected chi connectivity index (χ1v) is 10.2. The molecule has 0 unspecified atom stereocenters. The van der Waals surface area contributed by atoms with Crippen LogP contribution in [0, 0.1) is 3.57 Å². The van der Waals surface area contributed by atoms with Crippen molar-refractivity contribution in [2.45, 2.75) is 70.2 Å². The normalized spacial score (nSPS) is 24.1. The fraction of sp³-hybridized carbons (Fsp3) is 0.571. The quantitative estimate of drug-likeness (QED) is 0.449. The first-order chi connectivity index (χ1) is 12.0. The Morgan fingerprint density at radius 2 is 1.88 bits per heavy atom. The summed E-state index contributed by atoms with van der Waals surface area (Å²) in [5.74, 6) is 0. The fourth-order valence-electron chi connectivity index (χ4n) is 3.40. The zero-order valence-corrected chi connectivity index (χ0v) is 18.4. The molecule has 0 N–H and O–H groups in total. The van der Waals surface area contributed by atoms with Gasteiger partial charge in [0.1, 0.15) is 11.3 Å². The number of hydrogen-bond donors (Lipinski definition) is 0. The van der Waals surface area contributed by atoms with Crippen molar-refractivity contribution < 1.29 is 14.3 Å². The van der Waals surface area contributed by atoms with Crippen LogP contribution in [-0.4, -0.2) is 35.0 Å². The highest BCUT2D eigenvalue weighted by atomic mass is 127. The van der Waals surface area contributed by atoms with E-state index in [9.17, 15) is 4.79 Å². The molecule has 1 aromatic carbocycles. The number of carbonyl (C=O) groups is 1. The molecule has 1 aromatic rings. The Morgan fingerprint density at radius 3 is 2.42 bits per heavy atom. The topological polar surface area (TPSA) is 38.8 Å². The maximum absolute atomic E-state index is 12.7. The Bertz CT molecular complexity index is 699. The van der Waals surface area contributed by atoms with E-state index < -0.39 is 11.3 Å². The van der Waals surface area contributed by atoms with Crippen LogP contribution in [0.15, 0.2) is 36.4 Å². The van der Waals surface area contributed by atoms with Gasteiger partial charge >= 0.3 is 6.09 Å². The molecule has 2 aliphatic rings. The summed E-state index contributed by atoms with van der Waals surface area (Å²) < 4.78 is 12.7. The molecule has 26 heavy (non-hydrogen) atoms. The number of amides is 1. The van der Waals surface area contributed by atoms with Gasteiger partial charge in [-0.25, -0.2) is 4.79 Å². The fourth-order valence-corrected chi connectivity index (χ4v) is 3.76. The first kappa shape index (κ1) is 19.7. The lowest BCUT2D eigenvalue weighted by Gasteiger charge is -2.34. The highest BCUT2D eigenvalue weighted by molar-refractivity contribution is 14.1. The van der Waals surface area contributed by atoms with E-state index in [0.29, 0.717) is 6.61 Å². The molecule has 1 amide bonds. The van der Waals surface area contributed by atoms with Crippen molar-refractivity contribution in [2.24, 2.45) is 0 Å². The van der Waals surface area contributed by atoms with Crippen LogP contribution in [0.4, 0.5) is 4.79 Å².